The number of carboxylic acid groups (broad SMARTS) is 1. The zero-order chi connectivity index (χ0) is 48.0. The van der Waals surface area contributed by atoms with Gasteiger partial charge in [0.1, 0.15) is 11.8 Å². The van der Waals surface area contributed by atoms with Crippen molar-refractivity contribution < 1.29 is 48.2 Å². The van der Waals surface area contributed by atoms with Crippen LogP contribution in [0, 0.1) is 35.5 Å². The predicted octanol–water partition coefficient (Wildman–Crippen LogP) is 6.17. The lowest BCUT2D eigenvalue weighted by Gasteiger charge is -2.40. The quantitative estimate of drug-likeness (QED) is 0.0789. The SMILES string of the molecule is CC[C@H](C)[C@@H](C(=O)N1CCC[C@H]1[C@H](OC)[C@@H](C)C(=O)C[C@@H](Cc1ccccc1)C(=O)O)N(C)C(=O)[C@@H](CC(=O)[C@H](C(C)C)N(C)C(=O)CCCCCN1C(=O)CC(SC)C1=O)C(C)C. The number of methoxy groups -OCH3 is 1. The Balaban J connectivity index is 1.71. The fourth-order valence-corrected chi connectivity index (χ4v) is 10.2. The molecule has 15 heteroatoms. The maximum Gasteiger partial charge on any atom is 0.307 e. The predicted molar refractivity (Wildman–Crippen MR) is 248 cm³/mol. The van der Waals surface area contributed by atoms with E-state index in [1.165, 1.54) is 33.6 Å². The molecule has 1 N–H and O–H groups in total. The fraction of sp³-hybridized carbons (Fsp3) is 0.714. The van der Waals surface area contributed by atoms with E-state index in [1.807, 2.05) is 78.1 Å². The van der Waals surface area contributed by atoms with Gasteiger partial charge in [0.05, 0.1) is 29.4 Å². The number of imide groups is 1. The zero-order valence-corrected chi connectivity index (χ0v) is 41.1. The molecule has 1 aromatic carbocycles. The number of carboxylic acids is 1. The number of carbonyl (C=O) groups is 8. The zero-order valence-electron chi connectivity index (χ0n) is 40.2. The average Bonchev–Trinajstić information content (AvgIpc) is 3.85. The van der Waals surface area contributed by atoms with E-state index < -0.39 is 48.0 Å². The van der Waals surface area contributed by atoms with Gasteiger partial charge in [-0.3, -0.25) is 43.3 Å². The van der Waals surface area contributed by atoms with Crippen LogP contribution in [0.2, 0.25) is 0 Å². The minimum Gasteiger partial charge on any atom is -0.481 e. The molecule has 9 atom stereocenters. The molecule has 0 aliphatic carbocycles. The number of likely N-dealkylation sites (N-methyl/N-ethyl adjacent to an activating group) is 2. The number of nitrogens with zero attached hydrogens (tertiary/aromatic N) is 4. The van der Waals surface area contributed by atoms with Gasteiger partial charge in [-0.25, -0.2) is 0 Å². The monoisotopic (exact) mass is 913 g/mol. The van der Waals surface area contributed by atoms with Crippen LogP contribution in [0.3, 0.4) is 0 Å². The summed E-state index contributed by atoms with van der Waals surface area (Å²) >= 11 is 1.38. The molecule has 0 radical (unpaired) electrons. The van der Waals surface area contributed by atoms with E-state index in [0.717, 1.165) is 5.56 Å². The number of ketones is 2. The molecule has 1 aromatic rings. The molecule has 2 saturated heterocycles. The fourth-order valence-electron chi connectivity index (χ4n) is 9.55. The Bertz CT molecular complexity index is 1770. The number of aliphatic carboxylic acids is 1. The van der Waals surface area contributed by atoms with Crippen LogP contribution in [-0.4, -0.2) is 142 Å². The van der Waals surface area contributed by atoms with Gasteiger partial charge >= 0.3 is 5.97 Å². The van der Waals surface area contributed by atoms with Crippen molar-refractivity contribution in [3.05, 3.63) is 35.9 Å². The third-order valence-corrected chi connectivity index (χ3v) is 14.6. The van der Waals surface area contributed by atoms with Crippen LogP contribution in [-0.2, 0) is 49.5 Å². The van der Waals surface area contributed by atoms with Gasteiger partial charge in [-0.1, -0.05) is 91.6 Å². The van der Waals surface area contributed by atoms with E-state index in [0.29, 0.717) is 51.6 Å². The molecule has 0 saturated carbocycles. The minimum absolute atomic E-state index is 0.114. The molecule has 0 aromatic heterocycles. The number of unbranched alkanes of at least 4 members (excludes halogenated alkanes) is 2. The Morgan fingerprint density at radius 3 is 2.08 bits per heavy atom. The second-order valence-electron chi connectivity index (χ2n) is 18.7. The van der Waals surface area contributed by atoms with Crippen molar-refractivity contribution in [2.75, 3.05) is 40.6 Å². The van der Waals surface area contributed by atoms with Crippen molar-refractivity contribution >= 4 is 58.8 Å². The standard InChI is InChI=1S/C49H76N4O10S/c1-12-32(6)44(48(60)52-25-19-22-37(52)45(63-10)33(7)38(54)27-35(49(61)62)26-34-20-15-13-16-21-34)51(9)46(58)36(30(2)3)28-39(55)43(31(4)5)50(8)41(56)23-17-14-18-24-53-42(57)29-40(64-11)47(53)59/h13,15-16,20-21,30-33,35-37,40,43-45H,12,14,17-19,22-29H2,1-11H3,(H,61,62)/t32-,33-,35+,36-,37-,40?,43-,44-,45+/m0/s1. The molecule has 0 spiro atoms. The van der Waals surface area contributed by atoms with Crippen molar-refractivity contribution in [1.82, 2.24) is 19.6 Å². The van der Waals surface area contributed by atoms with E-state index >= 15 is 0 Å². The molecule has 14 nitrogen and oxygen atoms in total. The Kier molecular flexibility index (Phi) is 21.6. The van der Waals surface area contributed by atoms with E-state index in [9.17, 15) is 43.5 Å². The highest BCUT2D eigenvalue weighted by Gasteiger charge is 2.46. The highest BCUT2D eigenvalue weighted by atomic mass is 32.2. The molecule has 2 fully saturated rings. The summed E-state index contributed by atoms with van der Waals surface area (Å²) in [4.78, 5) is 114. The highest BCUT2D eigenvalue weighted by Crippen LogP contribution is 2.32. The number of carbonyl (C=O) groups excluding carboxylic acids is 7. The largest absolute Gasteiger partial charge is 0.481 e. The number of likely N-dealkylation sites (tertiary alicyclic amines) is 2. The van der Waals surface area contributed by atoms with Crippen molar-refractivity contribution in [2.45, 2.75) is 149 Å². The van der Waals surface area contributed by atoms with Gasteiger partial charge < -0.3 is 24.5 Å². The Labute approximate surface area is 385 Å². The molecule has 2 aliphatic heterocycles. The molecule has 3 rings (SSSR count). The van der Waals surface area contributed by atoms with Gasteiger partial charge in [0.2, 0.25) is 29.5 Å². The normalized spacial score (nSPS) is 19.9. The lowest BCUT2D eigenvalue weighted by molar-refractivity contribution is -0.153. The maximum atomic E-state index is 14.8. The second kappa shape index (κ2) is 25.5. The first-order chi connectivity index (χ1) is 30.2. The van der Waals surface area contributed by atoms with Gasteiger partial charge in [-0.15, -0.1) is 0 Å². The number of hydrogen-bond acceptors (Lipinski definition) is 10. The van der Waals surface area contributed by atoms with Gasteiger partial charge in [-0.05, 0) is 61.7 Å². The third kappa shape index (κ3) is 14.0. The smallest absolute Gasteiger partial charge is 0.307 e. The van der Waals surface area contributed by atoms with E-state index in [4.69, 9.17) is 4.74 Å². The van der Waals surface area contributed by atoms with Gasteiger partial charge in [-0.2, -0.15) is 11.8 Å². The second-order valence-corrected chi connectivity index (χ2v) is 19.8. The van der Waals surface area contributed by atoms with Crippen LogP contribution in [0.25, 0.3) is 0 Å². The number of amides is 5. The molecule has 2 aliphatic rings. The Hall–Kier alpha value is -4.11. The number of thioether (sulfide) groups is 1. The molecule has 2 heterocycles. The highest BCUT2D eigenvalue weighted by molar-refractivity contribution is 8.00. The van der Waals surface area contributed by atoms with Gasteiger partial charge in [0.25, 0.3) is 0 Å². The number of rotatable bonds is 27. The minimum atomic E-state index is -1.05. The molecular formula is C49H76N4O10S. The molecule has 5 amide bonds. The Morgan fingerprint density at radius 1 is 0.875 bits per heavy atom. The summed E-state index contributed by atoms with van der Waals surface area (Å²) in [5.41, 5.74) is 0.824. The van der Waals surface area contributed by atoms with Crippen molar-refractivity contribution in [1.29, 1.82) is 0 Å². The summed E-state index contributed by atoms with van der Waals surface area (Å²) in [6, 6.07) is 7.08. The summed E-state index contributed by atoms with van der Waals surface area (Å²) in [6.07, 6.45) is 5.04. The topological polar surface area (TPSA) is 179 Å². The summed E-state index contributed by atoms with van der Waals surface area (Å²) in [5, 5.41) is 9.69. The molecular weight excluding hydrogens is 837 g/mol. The number of benzene rings is 1. The first-order valence-electron chi connectivity index (χ1n) is 23.3. The molecule has 0 bridgehead atoms. The Morgan fingerprint density at radius 2 is 1.53 bits per heavy atom. The summed E-state index contributed by atoms with van der Waals surface area (Å²) in [5.74, 6) is -5.79. The van der Waals surface area contributed by atoms with Gasteiger partial charge in [0, 0.05) is 71.8 Å². The van der Waals surface area contributed by atoms with Crippen molar-refractivity contribution in [3.8, 4) is 0 Å². The van der Waals surface area contributed by atoms with Crippen LogP contribution in [0.1, 0.15) is 118 Å². The van der Waals surface area contributed by atoms with Crippen molar-refractivity contribution in [2.24, 2.45) is 35.5 Å². The molecule has 1 unspecified atom stereocenters. The lowest BCUT2D eigenvalue weighted by Crippen LogP contribution is -2.57. The third-order valence-electron chi connectivity index (χ3n) is 13.6. The van der Waals surface area contributed by atoms with E-state index in [1.54, 1.807) is 25.9 Å². The van der Waals surface area contributed by atoms with Crippen LogP contribution in [0.15, 0.2) is 30.3 Å². The van der Waals surface area contributed by atoms with Gasteiger partial charge in [0.15, 0.2) is 5.78 Å². The summed E-state index contributed by atoms with van der Waals surface area (Å²) in [6.45, 7) is 13.8. The van der Waals surface area contributed by atoms with Crippen LogP contribution < -0.4 is 0 Å². The average molecular weight is 913 g/mol. The van der Waals surface area contributed by atoms with Crippen LogP contribution in [0.5, 0.6) is 0 Å². The number of ether oxygens (including phenoxy) is 1. The van der Waals surface area contributed by atoms with Crippen LogP contribution in [0.4, 0.5) is 0 Å². The van der Waals surface area contributed by atoms with E-state index in [2.05, 4.69) is 0 Å². The molecule has 358 valence electrons. The summed E-state index contributed by atoms with van der Waals surface area (Å²) in [7, 11) is 4.74. The van der Waals surface area contributed by atoms with E-state index in [-0.39, 0.29) is 96.2 Å². The first kappa shape index (κ1) is 54.2. The lowest BCUT2D eigenvalue weighted by atomic mass is 9.84. The number of hydrogen-bond donors (Lipinski definition) is 1. The summed E-state index contributed by atoms with van der Waals surface area (Å²) < 4.78 is 5.96. The van der Waals surface area contributed by atoms with Crippen LogP contribution >= 0.6 is 11.8 Å². The number of Topliss-reactive ketones (excluding diaryl/α,β-unsaturated/α-hetero) is 2. The molecule has 64 heavy (non-hydrogen) atoms. The first-order valence-corrected chi connectivity index (χ1v) is 24.5. The maximum absolute atomic E-state index is 14.8. The van der Waals surface area contributed by atoms with Crippen molar-refractivity contribution in [3.63, 3.8) is 0 Å².